The van der Waals surface area contributed by atoms with Crippen LogP contribution in [-0.2, 0) is 18.3 Å². The maximum absolute atomic E-state index is 13.8. The lowest BCUT2D eigenvalue weighted by atomic mass is 9.96. The summed E-state index contributed by atoms with van der Waals surface area (Å²) in [4.78, 5) is 35.8. The van der Waals surface area contributed by atoms with Gasteiger partial charge >= 0.3 is 0 Å². The van der Waals surface area contributed by atoms with Crippen LogP contribution in [0.5, 0.6) is 5.75 Å². The fraction of sp³-hybridized carbons (Fsp3) is 0.393. The number of hydrogen-bond donors (Lipinski definition) is 1. The van der Waals surface area contributed by atoms with Crippen molar-refractivity contribution in [2.75, 3.05) is 11.9 Å². The van der Waals surface area contributed by atoms with Gasteiger partial charge in [0.15, 0.2) is 11.3 Å². The average molecular weight is 503 g/mol. The van der Waals surface area contributed by atoms with Crippen LogP contribution >= 0.6 is 0 Å². The monoisotopic (exact) mass is 502 g/mol. The number of carbonyl (C=O) groups is 1. The second-order valence-corrected chi connectivity index (χ2v) is 10.0. The van der Waals surface area contributed by atoms with Crippen molar-refractivity contribution in [2.45, 2.75) is 53.9 Å². The number of nitrogens with one attached hydrogen (secondary N) is 1. The molecule has 0 aliphatic rings. The number of nitrogens with zero attached hydrogens (tertiary/aromatic N) is 5. The number of aromatic nitrogens is 5. The summed E-state index contributed by atoms with van der Waals surface area (Å²) in [6.07, 6.45) is 2.36. The Morgan fingerprint density at radius 3 is 2.49 bits per heavy atom. The van der Waals surface area contributed by atoms with Crippen molar-refractivity contribution < 1.29 is 9.53 Å². The molecule has 4 rings (SSSR count). The number of amides is 1. The number of aryl methyl sites for hydroxylation is 1. The molecule has 0 radical (unpaired) electrons. The lowest BCUT2D eigenvalue weighted by Crippen LogP contribution is -2.28. The number of benzene rings is 1. The van der Waals surface area contributed by atoms with Crippen molar-refractivity contribution in [1.29, 1.82) is 0 Å². The second-order valence-electron chi connectivity index (χ2n) is 10.0. The van der Waals surface area contributed by atoms with Crippen LogP contribution in [0.25, 0.3) is 28.2 Å². The molecule has 3 heterocycles. The van der Waals surface area contributed by atoms with Gasteiger partial charge in [0.25, 0.3) is 5.56 Å². The van der Waals surface area contributed by atoms with Crippen LogP contribution in [0.3, 0.4) is 0 Å². The van der Waals surface area contributed by atoms with Gasteiger partial charge < -0.3 is 10.1 Å². The molecular weight excluding hydrogens is 468 g/mol. The number of ether oxygens (including phenoxy) is 1. The lowest BCUT2D eigenvalue weighted by molar-refractivity contribution is -0.123. The van der Waals surface area contributed by atoms with E-state index in [1.54, 1.807) is 25.2 Å². The molecule has 0 aliphatic carbocycles. The molecule has 0 saturated heterocycles. The highest BCUT2D eigenvalue weighted by molar-refractivity contribution is 5.93. The van der Waals surface area contributed by atoms with Crippen LogP contribution in [0.4, 0.5) is 5.82 Å². The minimum Gasteiger partial charge on any atom is -0.493 e. The summed E-state index contributed by atoms with van der Waals surface area (Å²) in [5.41, 5.74) is 1.53. The van der Waals surface area contributed by atoms with Gasteiger partial charge in [-0.3, -0.25) is 14.2 Å². The van der Waals surface area contributed by atoms with Gasteiger partial charge in [-0.1, -0.05) is 59.2 Å². The first-order chi connectivity index (χ1) is 17.7. The highest BCUT2D eigenvalue weighted by atomic mass is 16.5. The van der Waals surface area contributed by atoms with E-state index in [0.717, 1.165) is 18.4 Å². The van der Waals surface area contributed by atoms with Crippen molar-refractivity contribution in [1.82, 2.24) is 24.3 Å². The van der Waals surface area contributed by atoms with Crippen LogP contribution in [0.15, 0.2) is 47.3 Å². The van der Waals surface area contributed by atoms with E-state index in [1.165, 1.54) is 9.25 Å². The lowest BCUT2D eigenvalue weighted by Gasteiger charge is -2.17. The number of anilines is 1. The number of rotatable bonds is 8. The molecule has 9 heteroatoms. The summed E-state index contributed by atoms with van der Waals surface area (Å²) >= 11 is 0. The summed E-state index contributed by atoms with van der Waals surface area (Å²) in [6.45, 7) is 10.2. The second kappa shape index (κ2) is 10.5. The van der Waals surface area contributed by atoms with Gasteiger partial charge in [0.05, 0.1) is 17.9 Å². The standard InChI is InChI=1S/C28H34N6O3/c1-7-12-19-23-24(34(32-19)22-16-11-15-21(29-22)30-27(36)28(3,4)5)26(35)33(6)25(31-23)18-13-9-10-14-20(18)37-17-8-2/h9-11,13-16H,7-8,12,17H2,1-6H3,(H,29,30,36). The Kier molecular flexibility index (Phi) is 7.42. The first-order valence-corrected chi connectivity index (χ1v) is 12.6. The fourth-order valence-electron chi connectivity index (χ4n) is 3.92. The Balaban J connectivity index is 1.89. The van der Waals surface area contributed by atoms with Crippen molar-refractivity contribution in [2.24, 2.45) is 12.5 Å². The maximum Gasteiger partial charge on any atom is 0.280 e. The molecule has 1 amide bonds. The van der Waals surface area contributed by atoms with Crippen molar-refractivity contribution in [3.8, 4) is 23.0 Å². The first kappa shape index (κ1) is 26.1. The Labute approximate surface area is 216 Å². The molecule has 0 spiro atoms. The predicted molar refractivity (Wildman–Crippen MR) is 145 cm³/mol. The molecule has 1 aromatic carbocycles. The Morgan fingerprint density at radius 2 is 1.78 bits per heavy atom. The van der Waals surface area contributed by atoms with Gasteiger partial charge in [-0.25, -0.2) is 14.6 Å². The third-order valence-corrected chi connectivity index (χ3v) is 5.92. The van der Waals surface area contributed by atoms with Gasteiger partial charge in [0.2, 0.25) is 5.91 Å². The van der Waals surface area contributed by atoms with Crippen LogP contribution in [-0.4, -0.2) is 36.8 Å². The van der Waals surface area contributed by atoms with Gasteiger partial charge in [0, 0.05) is 12.5 Å². The first-order valence-electron chi connectivity index (χ1n) is 12.6. The smallest absolute Gasteiger partial charge is 0.280 e. The Bertz CT molecular complexity index is 1500. The van der Waals surface area contributed by atoms with Crippen LogP contribution in [0, 0.1) is 5.41 Å². The van der Waals surface area contributed by atoms with Gasteiger partial charge in [-0.15, -0.1) is 0 Å². The van der Waals surface area contributed by atoms with Gasteiger partial charge in [-0.2, -0.15) is 5.10 Å². The van der Waals surface area contributed by atoms with E-state index in [4.69, 9.17) is 14.8 Å². The number of para-hydroxylation sites is 1. The molecule has 3 aromatic heterocycles. The topological polar surface area (TPSA) is 104 Å². The average Bonchev–Trinajstić information content (AvgIpc) is 3.23. The number of carbonyl (C=O) groups excluding carboxylic acids is 1. The normalized spacial score (nSPS) is 11.6. The highest BCUT2D eigenvalue weighted by Gasteiger charge is 2.24. The molecule has 9 nitrogen and oxygen atoms in total. The molecule has 194 valence electrons. The van der Waals surface area contributed by atoms with Gasteiger partial charge in [0.1, 0.15) is 22.9 Å². The van der Waals surface area contributed by atoms with Crippen LogP contribution in [0.2, 0.25) is 0 Å². The SMILES string of the molecule is CCCOc1ccccc1-c1nc2c(CCC)nn(-c3cccc(NC(=O)C(C)(C)C)n3)c2c(=O)n1C. The molecule has 1 N–H and O–H groups in total. The molecule has 0 aliphatic heterocycles. The minimum atomic E-state index is -0.572. The van der Waals surface area contributed by atoms with Gasteiger partial charge in [-0.05, 0) is 37.1 Å². The molecule has 0 bridgehead atoms. The largest absolute Gasteiger partial charge is 0.493 e. The zero-order chi connectivity index (χ0) is 26.7. The third-order valence-electron chi connectivity index (χ3n) is 5.92. The summed E-state index contributed by atoms with van der Waals surface area (Å²) in [5, 5.41) is 7.61. The summed E-state index contributed by atoms with van der Waals surface area (Å²) in [5.74, 6) is 1.86. The predicted octanol–water partition coefficient (Wildman–Crippen LogP) is 4.91. The quantitative estimate of drug-likeness (QED) is 0.367. The van der Waals surface area contributed by atoms with E-state index in [1.807, 2.05) is 52.0 Å². The van der Waals surface area contributed by atoms with Crippen LogP contribution in [0.1, 0.15) is 53.2 Å². The minimum absolute atomic E-state index is 0.152. The van der Waals surface area contributed by atoms with E-state index in [2.05, 4.69) is 17.2 Å². The molecule has 37 heavy (non-hydrogen) atoms. The maximum atomic E-state index is 13.8. The molecule has 0 unspecified atom stereocenters. The molecule has 0 atom stereocenters. The van der Waals surface area contributed by atoms with Crippen molar-refractivity contribution in [3.63, 3.8) is 0 Å². The van der Waals surface area contributed by atoms with E-state index in [-0.39, 0.29) is 11.5 Å². The number of pyridine rings is 1. The summed E-state index contributed by atoms with van der Waals surface area (Å²) in [7, 11) is 1.70. The molecule has 0 fully saturated rings. The zero-order valence-electron chi connectivity index (χ0n) is 22.3. The van der Waals surface area contributed by atoms with E-state index in [9.17, 15) is 9.59 Å². The Morgan fingerprint density at radius 1 is 1.03 bits per heavy atom. The molecule has 0 saturated carbocycles. The van der Waals surface area contributed by atoms with E-state index < -0.39 is 5.41 Å². The van der Waals surface area contributed by atoms with Crippen molar-refractivity contribution in [3.05, 3.63) is 58.5 Å². The highest BCUT2D eigenvalue weighted by Crippen LogP contribution is 2.30. The zero-order valence-corrected chi connectivity index (χ0v) is 22.3. The Hall–Kier alpha value is -4.01. The van der Waals surface area contributed by atoms with Crippen molar-refractivity contribution >= 4 is 22.8 Å². The third kappa shape index (κ3) is 5.26. The summed E-state index contributed by atoms with van der Waals surface area (Å²) in [6, 6.07) is 12.9. The summed E-state index contributed by atoms with van der Waals surface area (Å²) < 4.78 is 9.00. The molecular formula is C28H34N6O3. The van der Waals surface area contributed by atoms with E-state index >= 15 is 0 Å². The fourth-order valence-corrected chi connectivity index (χ4v) is 3.92. The molecule has 4 aromatic rings. The number of fused-ring (bicyclic) bond motifs is 1. The number of hydrogen-bond acceptors (Lipinski definition) is 6. The van der Waals surface area contributed by atoms with E-state index in [0.29, 0.717) is 53.0 Å². The van der Waals surface area contributed by atoms with Crippen LogP contribution < -0.4 is 15.6 Å².